The summed E-state index contributed by atoms with van der Waals surface area (Å²) < 4.78 is 3.96. The van der Waals surface area contributed by atoms with E-state index in [4.69, 9.17) is 4.98 Å². The van der Waals surface area contributed by atoms with Crippen LogP contribution >= 0.6 is 0 Å². The van der Waals surface area contributed by atoms with Crippen LogP contribution in [0.3, 0.4) is 0 Å². The summed E-state index contributed by atoms with van der Waals surface area (Å²) in [7, 11) is 0. The molecule has 0 atom stereocenters. The lowest BCUT2D eigenvalue weighted by Crippen LogP contribution is -2.29. The van der Waals surface area contributed by atoms with Crippen molar-refractivity contribution in [1.29, 1.82) is 0 Å². The fourth-order valence-electron chi connectivity index (χ4n) is 4.96. The van der Waals surface area contributed by atoms with Gasteiger partial charge in [0.05, 0.1) is 30.3 Å². The van der Waals surface area contributed by atoms with Crippen molar-refractivity contribution < 1.29 is 0 Å². The molecule has 8 nitrogen and oxygen atoms in total. The highest BCUT2D eigenvalue weighted by molar-refractivity contribution is 5.63. The van der Waals surface area contributed by atoms with E-state index in [0.29, 0.717) is 6.54 Å². The van der Waals surface area contributed by atoms with E-state index in [9.17, 15) is 0 Å². The normalized spacial score (nSPS) is 16.8. The zero-order valence-electron chi connectivity index (χ0n) is 19.6. The molecule has 0 bridgehead atoms. The first kappa shape index (κ1) is 21.3. The Morgan fingerprint density at radius 1 is 0.971 bits per heavy atom. The second kappa shape index (κ2) is 9.54. The summed E-state index contributed by atoms with van der Waals surface area (Å²) in [6.07, 6.45) is 18.0. The monoisotopic (exact) mass is 456 g/mol. The summed E-state index contributed by atoms with van der Waals surface area (Å²) in [6.45, 7) is 4.81. The molecule has 0 spiro atoms. The van der Waals surface area contributed by atoms with Crippen molar-refractivity contribution >= 4 is 11.3 Å². The molecule has 1 saturated carbocycles. The molecule has 0 aromatic carbocycles. The van der Waals surface area contributed by atoms with Crippen molar-refractivity contribution in [2.75, 3.05) is 24.5 Å². The van der Waals surface area contributed by atoms with E-state index < -0.39 is 0 Å². The molecule has 6 rings (SSSR count). The standard InChI is InChI=1S/C26H32N8/c1-2-9-32(10-3-1)24-11-22(14-28-15-24)25-19-34(31-30-25)18-23-17-33-16-21(7-8-26(33)29-23)13-27-12-20-5-4-6-20/h7-8,11,14-17,19-20,27H,1-6,9-10,12-13,18H2. The van der Waals surface area contributed by atoms with Crippen LogP contribution < -0.4 is 10.2 Å². The summed E-state index contributed by atoms with van der Waals surface area (Å²) in [5.41, 5.74) is 6.22. The molecule has 1 aliphatic heterocycles. The van der Waals surface area contributed by atoms with E-state index in [1.54, 1.807) is 0 Å². The summed E-state index contributed by atoms with van der Waals surface area (Å²) in [6, 6.07) is 6.43. The number of aromatic nitrogens is 6. The van der Waals surface area contributed by atoms with Crippen molar-refractivity contribution in [3.8, 4) is 11.3 Å². The maximum Gasteiger partial charge on any atom is 0.137 e. The van der Waals surface area contributed by atoms with Gasteiger partial charge in [-0.25, -0.2) is 9.67 Å². The van der Waals surface area contributed by atoms with Crippen molar-refractivity contribution in [2.45, 2.75) is 51.6 Å². The highest BCUT2D eigenvalue weighted by atomic mass is 15.4. The van der Waals surface area contributed by atoms with Gasteiger partial charge in [-0.2, -0.15) is 0 Å². The van der Waals surface area contributed by atoms with Crippen molar-refractivity contribution in [1.82, 2.24) is 34.7 Å². The predicted molar refractivity (Wildman–Crippen MR) is 133 cm³/mol. The minimum Gasteiger partial charge on any atom is -0.370 e. The number of fused-ring (bicyclic) bond motifs is 1. The molecule has 34 heavy (non-hydrogen) atoms. The Kier molecular flexibility index (Phi) is 5.97. The van der Waals surface area contributed by atoms with Crippen LogP contribution in [0, 0.1) is 5.92 Å². The van der Waals surface area contributed by atoms with E-state index in [1.807, 2.05) is 23.3 Å². The van der Waals surface area contributed by atoms with Crippen LogP contribution in [0.2, 0.25) is 0 Å². The van der Waals surface area contributed by atoms with Gasteiger partial charge in [0, 0.05) is 43.8 Å². The minimum atomic E-state index is 0.586. The van der Waals surface area contributed by atoms with Gasteiger partial charge in [-0.1, -0.05) is 17.7 Å². The first-order chi connectivity index (χ1) is 16.8. The number of nitrogens with one attached hydrogen (secondary N) is 1. The highest BCUT2D eigenvalue weighted by Gasteiger charge is 2.16. The third kappa shape index (κ3) is 4.68. The van der Waals surface area contributed by atoms with Crippen molar-refractivity contribution in [2.24, 2.45) is 5.92 Å². The molecule has 0 amide bonds. The van der Waals surface area contributed by atoms with Crippen LogP contribution in [0.15, 0.2) is 49.2 Å². The maximum atomic E-state index is 4.77. The molecule has 4 aromatic heterocycles. The summed E-state index contributed by atoms with van der Waals surface area (Å²) in [5.74, 6) is 0.874. The lowest BCUT2D eigenvalue weighted by molar-refractivity contribution is 0.301. The zero-order chi connectivity index (χ0) is 22.7. The smallest absolute Gasteiger partial charge is 0.137 e. The van der Waals surface area contributed by atoms with Crippen LogP contribution in [0.25, 0.3) is 16.9 Å². The molecule has 2 aliphatic rings. The van der Waals surface area contributed by atoms with Crippen LogP contribution in [-0.2, 0) is 13.1 Å². The average Bonchev–Trinajstić information content (AvgIpc) is 3.48. The van der Waals surface area contributed by atoms with Crippen LogP contribution in [0.1, 0.15) is 49.8 Å². The van der Waals surface area contributed by atoms with Crippen LogP contribution in [0.5, 0.6) is 0 Å². The van der Waals surface area contributed by atoms with Gasteiger partial charge in [0.2, 0.25) is 0 Å². The summed E-state index contributed by atoms with van der Waals surface area (Å²) in [5, 5.41) is 12.4. The molecular formula is C26H32N8. The van der Waals surface area contributed by atoms with Gasteiger partial charge in [-0.05, 0) is 62.3 Å². The fraction of sp³-hybridized carbons (Fsp3) is 0.462. The fourth-order valence-corrected chi connectivity index (χ4v) is 4.96. The number of pyridine rings is 2. The molecule has 4 aromatic rings. The van der Waals surface area contributed by atoms with E-state index in [2.05, 4.69) is 60.5 Å². The van der Waals surface area contributed by atoms with Gasteiger partial charge in [0.1, 0.15) is 11.3 Å². The zero-order valence-corrected chi connectivity index (χ0v) is 19.6. The number of hydrogen-bond acceptors (Lipinski definition) is 6. The van der Waals surface area contributed by atoms with Gasteiger partial charge in [-0.15, -0.1) is 5.10 Å². The number of hydrogen-bond donors (Lipinski definition) is 1. The lowest BCUT2D eigenvalue weighted by Gasteiger charge is -2.28. The first-order valence-corrected chi connectivity index (χ1v) is 12.6. The van der Waals surface area contributed by atoms with E-state index >= 15 is 0 Å². The van der Waals surface area contributed by atoms with E-state index in [1.165, 1.54) is 49.8 Å². The van der Waals surface area contributed by atoms with Gasteiger partial charge < -0.3 is 14.6 Å². The molecule has 176 valence electrons. The summed E-state index contributed by atoms with van der Waals surface area (Å²) >= 11 is 0. The van der Waals surface area contributed by atoms with Gasteiger partial charge >= 0.3 is 0 Å². The third-order valence-electron chi connectivity index (χ3n) is 7.15. The van der Waals surface area contributed by atoms with Crippen molar-refractivity contribution in [3.63, 3.8) is 0 Å². The molecule has 0 unspecified atom stereocenters. The maximum absolute atomic E-state index is 4.77. The molecule has 1 aliphatic carbocycles. The van der Waals surface area contributed by atoms with Crippen LogP contribution in [-0.4, -0.2) is 49.0 Å². The Labute approximate surface area is 200 Å². The van der Waals surface area contributed by atoms with Gasteiger partial charge in [0.15, 0.2) is 0 Å². The van der Waals surface area contributed by atoms with Gasteiger partial charge in [0.25, 0.3) is 0 Å². The molecule has 0 radical (unpaired) electrons. The number of anilines is 1. The molecule has 2 fully saturated rings. The molecular weight excluding hydrogens is 424 g/mol. The molecule has 8 heteroatoms. The number of nitrogens with zero attached hydrogens (tertiary/aromatic N) is 7. The number of rotatable bonds is 8. The SMILES string of the molecule is c1cc2nc(Cn3cc(-c4cncc(N5CCCCC5)c4)nn3)cn2cc1CNCC1CCC1. The second-order valence-corrected chi connectivity index (χ2v) is 9.74. The van der Waals surface area contributed by atoms with E-state index in [0.717, 1.165) is 54.7 Å². The Morgan fingerprint density at radius 2 is 1.88 bits per heavy atom. The quantitative estimate of drug-likeness (QED) is 0.433. The van der Waals surface area contributed by atoms with Crippen molar-refractivity contribution in [3.05, 3.63) is 60.4 Å². The average molecular weight is 457 g/mol. The van der Waals surface area contributed by atoms with Crippen LogP contribution in [0.4, 0.5) is 5.69 Å². The molecule has 1 saturated heterocycles. The van der Waals surface area contributed by atoms with Gasteiger partial charge in [-0.3, -0.25) is 4.98 Å². The molecule has 5 heterocycles. The highest BCUT2D eigenvalue weighted by Crippen LogP contribution is 2.26. The third-order valence-corrected chi connectivity index (χ3v) is 7.15. The Balaban J connectivity index is 1.12. The summed E-state index contributed by atoms with van der Waals surface area (Å²) in [4.78, 5) is 11.7. The Hall–Kier alpha value is -3.26. The number of imidazole rings is 1. The largest absolute Gasteiger partial charge is 0.370 e. The predicted octanol–water partition coefficient (Wildman–Crippen LogP) is 3.92. The Morgan fingerprint density at radius 3 is 2.74 bits per heavy atom. The minimum absolute atomic E-state index is 0.586. The first-order valence-electron chi connectivity index (χ1n) is 12.6. The molecule has 1 N–H and O–H groups in total. The lowest BCUT2D eigenvalue weighted by atomic mass is 9.85. The number of piperidine rings is 1. The second-order valence-electron chi connectivity index (χ2n) is 9.74. The Bertz CT molecular complexity index is 1250. The van der Waals surface area contributed by atoms with E-state index in [-0.39, 0.29) is 0 Å². The topological polar surface area (TPSA) is 76.2 Å².